The van der Waals surface area contributed by atoms with Crippen LogP contribution in [0.3, 0.4) is 0 Å². The second-order valence-corrected chi connectivity index (χ2v) is 5.08. The Morgan fingerprint density at radius 1 is 0.842 bits per heavy atom. The molecule has 4 nitrogen and oxygen atoms in total. The first kappa shape index (κ1) is 10.8. The minimum absolute atomic E-state index is 0.504. The highest BCUT2D eigenvalue weighted by atomic mass is 32.1. The summed E-state index contributed by atoms with van der Waals surface area (Å²) in [6, 6.07) is 16.4. The molecule has 0 amide bonds. The second-order valence-electron chi connectivity index (χ2n) is 4.67. The van der Waals surface area contributed by atoms with E-state index >= 15 is 0 Å². The molecule has 2 heterocycles. The smallest absolute Gasteiger partial charge is 0.182 e. The van der Waals surface area contributed by atoms with Gasteiger partial charge >= 0.3 is 0 Å². The average Bonchev–Trinajstić information content (AvgIpc) is 2.82. The third kappa shape index (κ3) is 1.39. The predicted molar refractivity (Wildman–Crippen MR) is 79.0 cm³/mol. The lowest BCUT2D eigenvalue weighted by Gasteiger charge is -2.37. The van der Waals surface area contributed by atoms with Gasteiger partial charge in [0, 0.05) is 22.5 Å². The van der Waals surface area contributed by atoms with Crippen LogP contribution in [0.1, 0.15) is 11.1 Å². The summed E-state index contributed by atoms with van der Waals surface area (Å²) in [6.45, 7) is 0. The van der Waals surface area contributed by atoms with Crippen LogP contribution in [-0.2, 0) is 5.66 Å². The molecule has 5 heteroatoms. The molecule has 94 valence electrons. The highest BCUT2D eigenvalue weighted by molar-refractivity contribution is 7.80. The predicted octanol–water partition coefficient (Wildman–Crippen LogP) is 1.93. The van der Waals surface area contributed by atoms with Gasteiger partial charge in [0.25, 0.3) is 0 Å². The number of benzene rings is 2. The van der Waals surface area contributed by atoms with Crippen molar-refractivity contribution >= 4 is 28.7 Å². The van der Waals surface area contributed by atoms with Gasteiger partial charge in [-0.15, -0.1) is 0 Å². The molecule has 1 fully saturated rings. The van der Waals surface area contributed by atoms with Gasteiger partial charge in [-0.2, -0.15) is 0 Å². The van der Waals surface area contributed by atoms with E-state index in [1.807, 2.05) is 24.3 Å². The SMILES string of the molecule is S=C1NNC2(N1)c1ccccc1Nc1ccccc12. The molecule has 0 aromatic heterocycles. The first-order valence-electron chi connectivity index (χ1n) is 6.11. The van der Waals surface area contributed by atoms with Crippen molar-refractivity contribution in [3.8, 4) is 0 Å². The van der Waals surface area contributed by atoms with Crippen molar-refractivity contribution in [2.24, 2.45) is 0 Å². The number of fused-ring (bicyclic) bond motifs is 4. The summed E-state index contributed by atoms with van der Waals surface area (Å²) in [6.07, 6.45) is 0. The molecule has 2 aromatic carbocycles. The van der Waals surface area contributed by atoms with Crippen LogP contribution in [0.5, 0.6) is 0 Å². The lowest BCUT2D eigenvalue weighted by atomic mass is 9.86. The van der Waals surface area contributed by atoms with Crippen molar-refractivity contribution in [2.75, 3.05) is 5.32 Å². The Morgan fingerprint density at radius 2 is 1.42 bits per heavy atom. The lowest BCUT2D eigenvalue weighted by molar-refractivity contribution is 0.407. The summed E-state index contributed by atoms with van der Waals surface area (Å²) in [5.41, 5.74) is 10.2. The Kier molecular flexibility index (Phi) is 2.09. The second kappa shape index (κ2) is 3.69. The van der Waals surface area contributed by atoms with Gasteiger partial charge in [0.15, 0.2) is 10.8 Å². The van der Waals surface area contributed by atoms with Gasteiger partial charge in [-0.3, -0.25) is 5.43 Å². The standard InChI is InChI=1S/C14H12N4S/c19-13-16-14(18-17-13)9-5-1-3-7-11(9)15-12-8-4-2-6-10(12)14/h1-8,15,18H,(H2,16,17,19). The zero-order chi connectivity index (χ0) is 12.9. The number of nitrogens with one attached hydrogen (secondary N) is 4. The van der Waals surface area contributed by atoms with E-state index in [2.05, 4.69) is 45.8 Å². The van der Waals surface area contributed by atoms with Gasteiger partial charge in [0.2, 0.25) is 0 Å². The van der Waals surface area contributed by atoms with Gasteiger partial charge < -0.3 is 10.6 Å². The van der Waals surface area contributed by atoms with Gasteiger partial charge in [-0.25, -0.2) is 5.43 Å². The molecule has 2 aromatic rings. The molecule has 0 unspecified atom stereocenters. The Labute approximate surface area is 116 Å². The van der Waals surface area contributed by atoms with Gasteiger partial charge in [0.05, 0.1) is 0 Å². The average molecular weight is 268 g/mol. The van der Waals surface area contributed by atoms with E-state index in [0.29, 0.717) is 5.11 Å². The summed E-state index contributed by atoms with van der Waals surface area (Å²) >= 11 is 5.23. The summed E-state index contributed by atoms with van der Waals surface area (Å²) < 4.78 is 0. The van der Waals surface area contributed by atoms with Crippen LogP contribution in [0, 0.1) is 0 Å². The highest BCUT2D eigenvalue weighted by Gasteiger charge is 2.44. The number of hydrogen-bond donors (Lipinski definition) is 4. The molecule has 2 aliphatic heterocycles. The van der Waals surface area contributed by atoms with Crippen LogP contribution in [0.4, 0.5) is 11.4 Å². The van der Waals surface area contributed by atoms with Crippen molar-refractivity contribution in [3.63, 3.8) is 0 Å². The Hall–Kier alpha value is -2.11. The van der Waals surface area contributed by atoms with E-state index in [0.717, 1.165) is 22.5 Å². The topological polar surface area (TPSA) is 48.1 Å². The molecule has 0 aliphatic carbocycles. The summed E-state index contributed by atoms with van der Waals surface area (Å²) in [7, 11) is 0. The Bertz CT molecular complexity index is 637. The van der Waals surface area contributed by atoms with Gasteiger partial charge in [0.1, 0.15) is 0 Å². The first-order chi connectivity index (χ1) is 9.29. The molecular formula is C14H12N4S. The number of rotatable bonds is 0. The molecule has 0 atom stereocenters. The number of anilines is 2. The van der Waals surface area contributed by atoms with E-state index < -0.39 is 5.66 Å². The fraction of sp³-hybridized carbons (Fsp3) is 0.0714. The minimum Gasteiger partial charge on any atom is -0.355 e. The van der Waals surface area contributed by atoms with Gasteiger partial charge in [-0.1, -0.05) is 36.4 Å². The van der Waals surface area contributed by atoms with E-state index in [1.165, 1.54) is 0 Å². The van der Waals surface area contributed by atoms with Crippen LogP contribution >= 0.6 is 12.2 Å². The zero-order valence-corrected chi connectivity index (χ0v) is 10.8. The molecule has 0 radical (unpaired) electrons. The third-order valence-electron chi connectivity index (χ3n) is 3.60. The number of thiocarbonyl (C=S) groups is 1. The Morgan fingerprint density at radius 3 is 1.95 bits per heavy atom. The van der Waals surface area contributed by atoms with Crippen molar-refractivity contribution in [2.45, 2.75) is 5.66 Å². The maximum atomic E-state index is 5.23. The number of hydrogen-bond acceptors (Lipinski definition) is 3. The molecule has 0 saturated carbocycles. The highest BCUT2D eigenvalue weighted by Crippen LogP contribution is 2.42. The fourth-order valence-corrected chi connectivity index (χ4v) is 2.99. The van der Waals surface area contributed by atoms with Crippen LogP contribution in [0.15, 0.2) is 48.5 Å². The van der Waals surface area contributed by atoms with E-state index in [1.54, 1.807) is 0 Å². The molecule has 4 rings (SSSR count). The minimum atomic E-state index is -0.504. The van der Waals surface area contributed by atoms with Crippen LogP contribution < -0.4 is 21.5 Å². The normalized spacial score (nSPS) is 18.0. The van der Waals surface area contributed by atoms with Crippen LogP contribution in [0.25, 0.3) is 0 Å². The first-order valence-corrected chi connectivity index (χ1v) is 6.52. The molecule has 2 aliphatic rings. The molecular weight excluding hydrogens is 256 g/mol. The van der Waals surface area contributed by atoms with Crippen LogP contribution in [-0.4, -0.2) is 5.11 Å². The summed E-state index contributed by atoms with van der Waals surface area (Å²) in [5.74, 6) is 0. The van der Waals surface area contributed by atoms with E-state index in [4.69, 9.17) is 12.2 Å². The number of hydrazine groups is 1. The Balaban J connectivity index is 2.01. The third-order valence-corrected chi connectivity index (χ3v) is 3.80. The van der Waals surface area contributed by atoms with Crippen molar-refractivity contribution in [1.82, 2.24) is 16.2 Å². The fourth-order valence-electron chi connectivity index (χ4n) is 2.78. The van der Waals surface area contributed by atoms with Crippen LogP contribution in [0.2, 0.25) is 0 Å². The van der Waals surface area contributed by atoms with E-state index in [-0.39, 0.29) is 0 Å². The summed E-state index contributed by atoms with van der Waals surface area (Å²) in [4.78, 5) is 0. The zero-order valence-electron chi connectivity index (χ0n) is 10.0. The van der Waals surface area contributed by atoms with Crippen molar-refractivity contribution < 1.29 is 0 Å². The maximum Gasteiger partial charge on any atom is 0.182 e. The molecule has 4 N–H and O–H groups in total. The summed E-state index contributed by atoms with van der Waals surface area (Å²) in [5, 5.41) is 7.41. The molecule has 1 saturated heterocycles. The van der Waals surface area contributed by atoms with Crippen molar-refractivity contribution in [1.29, 1.82) is 0 Å². The monoisotopic (exact) mass is 268 g/mol. The van der Waals surface area contributed by atoms with E-state index in [9.17, 15) is 0 Å². The molecule has 1 spiro atoms. The van der Waals surface area contributed by atoms with Crippen molar-refractivity contribution in [3.05, 3.63) is 59.7 Å². The maximum absolute atomic E-state index is 5.23. The quantitative estimate of drug-likeness (QED) is 0.550. The number of para-hydroxylation sites is 2. The molecule has 0 bridgehead atoms. The molecule has 19 heavy (non-hydrogen) atoms. The largest absolute Gasteiger partial charge is 0.355 e. The lowest BCUT2D eigenvalue weighted by Crippen LogP contribution is -2.50. The van der Waals surface area contributed by atoms with Gasteiger partial charge in [-0.05, 0) is 24.4 Å².